The lowest BCUT2D eigenvalue weighted by Gasteiger charge is -2.12. The summed E-state index contributed by atoms with van der Waals surface area (Å²) in [4.78, 5) is 17.2. The van der Waals surface area contributed by atoms with E-state index in [4.69, 9.17) is 16.3 Å². The maximum Gasteiger partial charge on any atom is 0.257 e. The standard InChI is InChI=1S/C23H20ClN3O2/c1-16-5-4-6-19(15-16)29-14-13-27-21-8-3-2-7-20(21)25-23(27)26-22(28)17-9-11-18(24)12-10-17/h2-12,15H,13-14H2,1H3,(H,25,26,28). The molecular formula is C23H20ClN3O2. The minimum absolute atomic E-state index is 0.238. The van der Waals surface area contributed by atoms with E-state index in [1.165, 1.54) is 0 Å². The van der Waals surface area contributed by atoms with Crippen LogP contribution in [0.4, 0.5) is 5.95 Å². The number of ether oxygens (including phenoxy) is 1. The highest BCUT2D eigenvalue weighted by molar-refractivity contribution is 6.30. The van der Waals surface area contributed by atoms with Gasteiger partial charge in [0.2, 0.25) is 5.95 Å². The van der Waals surface area contributed by atoms with Crippen molar-refractivity contribution in [2.75, 3.05) is 11.9 Å². The Kier molecular flexibility index (Phi) is 5.49. The van der Waals surface area contributed by atoms with Crippen molar-refractivity contribution < 1.29 is 9.53 Å². The third-order valence-corrected chi connectivity index (χ3v) is 4.81. The van der Waals surface area contributed by atoms with Crippen LogP contribution in [0, 0.1) is 6.92 Å². The SMILES string of the molecule is Cc1cccc(OCCn2c(NC(=O)c3ccc(Cl)cc3)nc3ccccc32)c1. The van der Waals surface area contributed by atoms with Crippen LogP contribution in [0.15, 0.2) is 72.8 Å². The number of aryl methyl sites for hydroxylation is 1. The van der Waals surface area contributed by atoms with Gasteiger partial charge in [-0.3, -0.25) is 10.1 Å². The average molecular weight is 406 g/mol. The maximum atomic E-state index is 12.6. The minimum Gasteiger partial charge on any atom is -0.492 e. The number of rotatable bonds is 6. The van der Waals surface area contributed by atoms with Crippen molar-refractivity contribution in [1.29, 1.82) is 0 Å². The number of carbonyl (C=O) groups excluding carboxylic acids is 1. The Morgan fingerprint density at radius 2 is 1.86 bits per heavy atom. The molecule has 1 heterocycles. The molecule has 4 aromatic rings. The van der Waals surface area contributed by atoms with Gasteiger partial charge in [0.05, 0.1) is 17.6 Å². The molecule has 0 fully saturated rings. The molecule has 0 saturated heterocycles. The van der Waals surface area contributed by atoms with E-state index in [0.29, 0.717) is 29.7 Å². The molecule has 0 atom stereocenters. The summed E-state index contributed by atoms with van der Waals surface area (Å²) in [6, 6.07) is 22.5. The average Bonchev–Trinajstić information content (AvgIpc) is 3.06. The zero-order chi connectivity index (χ0) is 20.2. The largest absolute Gasteiger partial charge is 0.492 e. The van der Waals surface area contributed by atoms with E-state index < -0.39 is 0 Å². The fourth-order valence-corrected chi connectivity index (χ4v) is 3.26. The highest BCUT2D eigenvalue weighted by atomic mass is 35.5. The zero-order valence-electron chi connectivity index (χ0n) is 15.9. The topological polar surface area (TPSA) is 56.1 Å². The van der Waals surface area contributed by atoms with E-state index in [1.807, 2.05) is 60.0 Å². The van der Waals surface area contributed by atoms with Gasteiger partial charge in [0.25, 0.3) is 5.91 Å². The number of fused-ring (bicyclic) bond motifs is 1. The van der Waals surface area contributed by atoms with Crippen molar-refractivity contribution in [1.82, 2.24) is 9.55 Å². The molecule has 0 aliphatic carbocycles. The molecule has 1 aromatic heterocycles. The molecule has 146 valence electrons. The third kappa shape index (κ3) is 4.41. The molecule has 0 spiro atoms. The summed E-state index contributed by atoms with van der Waals surface area (Å²) in [7, 11) is 0. The van der Waals surface area contributed by atoms with Gasteiger partial charge in [0.15, 0.2) is 0 Å². The minimum atomic E-state index is -0.238. The Morgan fingerprint density at radius 3 is 2.66 bits per heavy atom. The molecule has 5 nitrogen and oxygen atoms in total. The fourth-order valence-electron chi connectivity index (χ4n) is 3.13. The number of hydrogen-bond donors (Lipinski definition) is 1. The van der Waals surface area contributed by atoms with E-state index in [0.717, 1.165) is 22.3 Å². The molecule has 0 aliphatic rings. The number of halogens is 1. The second kappa shape index (κ2) is 8.37. The van der Waals surface area contributed by atoms with E-state index in [-0.39, 0.29) is 5.91 Å². The Morgan fingerprint density at radius 1 is 1.07 bits per heavy atom. The molecule has 0 radical (unpaired) electrons. The van der Waals surface area contributed by atoms with Gasteiger partial charge in [-0.1, -0.05) is 35.9 Å². The van der Waals surface area contributed by atoms with Crippen molar-refractivity contribution >= 4 is 34.5 Å². The van der Waals surface area contributed by atoms with E-state index >= 15 is 0 Å². The van der Waals surface area contributed by atoms with Gasteiger partial charge < -0.3 is 9.30 Å². The van der Waals surface area contributed by atoms with Gasteiger partial charge in [-0.2, -0.15) is 0 Å². The lowest BCUT2D eigenvalue weighted by atomic mass is 10.2. The first-order chi connectivity index (χ1) is 14.1. The van der Waals surface area contributed by atoms with Crippen LogP contribution < -0.4 is 10.1 Å². The Labute approximate surface area is 173 Å². The summed E-state index contributed by atoms with van der Waals surface area (Å²) in [5.74, 6) is 1.07. The van der Waals surface area contributed by atoms with Crippen LogP contribution in [0.25, 0.3) is 11.0 Å². The van der Waals surface area contributed by atoms with Crippen LogP contribution >= 0.6 is 11.6 Å². The number of aromatic nitrogens is 2. The van der Waals surface area contributed by atoms with Crippen LogP contribution in [0.3, 0.4) is 0 Å². The summed E-state index contributed by atoms with van der Waals surface area (Å²) in [6.07, 6.45) is 0. The number of carbonyl (C=O) groups is 1. The summed E-state index contributed by atoms with van der Waals surface area (Å²) < 4.78 is 7.85. The molecule has 4 rings (SSSR count). The van der Waals surface area contributed by atoms with Crippen molar-refractivity contribution in [3.8, 4) is 5.75 Å². The molecule has 6 heteroatoms. The Hall–Kier alpha value is -3.31. The maximum absolute atomic E-state index is 12.6. The molecule has 0 saturated carbocycles. The van der Waals surface area contributed by atoms with Gasteiger partial charge in [-0.15, -0.1) is 0 Å². The van der Waals surface area contributed by atoms with Crippen molar-refractivity contribution in [2.45, 2.75) is 13.5 Å². The molecule has 0 bridgehead atoms. The predicted molar refractivity (Wildman–Crippen MR) is 116 cm³/mol. The lowest BCUT2D eigenvalue weighted by molar-refractivity contribution is 0.102. The summed E-state index contributed by atoms with van der Waals surface area (Å²) >= 11 is 5.91. The number of benzene rings is 3. The monoisotopic (exact) mass is 405 g/mol. The second-order valence-corrected chi connectivity index (χ2v) is 7.14. The second-order valence-electron chi connectivity index (χ2n) is 6.70. The fraction of sp³-hybridized carbons (Fsp3) is 0.130. The summed E-state index contributed by atoms with van der Waals surface area (Å²) in [5.41, 5.74) is 3.41. The number of hydrogen-bond acceptors (Lipinski definition) is 3. The zero-order valence-corrected chi connectivity index (χ0v) is 16.7. The van der Waals surface area contributed by atoms with Gasteiger partial charge in [-0.05, 0) is 61.0 Å². The van der Waals surface area contributed by atoms with Crippen LogP contribution in [0.2, 0.25) is 5.02 Å². The first-order valence-corrected chi connectivity index (χ1v) is 9.69. The number of nitrogens with one attached hydrogen (secondary N) is 1. The quantitative estimate of drug-likeness (QED) is 0.471. The summed E-state index contributed by atoms with van der Waals surface area (Å²) in [5, 5.41) is 3.49. The summed E-state index contributed by atoms with van der Waals surface area (Å²) in [6.45, 7) is 3.03. The Bertz CT molecular complexity index is 1150. The number of imidazole rings is 1. The van der Waals surface area contributed by atoms with Gasteiger partial charge in [0.1, 0.15) is 12.4 Å². The van der Waals surface area contributed by atoms with Crippen molar-refractivity contribution in [3.05, 3.63) is 88.9 Å². The molecule has 0 aliphatic heterocycles. The van der Waals surface area contributed by atoms with Crippen LogP contribution in [0.5, 0.6) is 5.75 Å². The van der Waals surface area contributed by atoms with E-state index in [9.17, 15) is 4.79 Å². The van der Waals surface area contributed by atoms with E-state index in [2.05, 4.69) is 10.3 Å². The molecule has 1 N–H and O–H groups in total. The number of amides is 1. The van der Waals surface area contributed by atoms with Crippen LogP contribution in [-0.4, -0.2) is 22.1 Å². The van der Waals surface area contributed by atoms with Gasteiger partial charge in [-0.25, -0.2) is 4.98 Å². The first kappa shape index (κ1) is 19.0. The molecule has 29 heavy (non-hydrogen) atoms. The first-order valence-electron chi connectivity index (χ1n) is 9.32. The number of nitrogens with zero attached hydrogens (tertiary/aromatic N) is 2. The highest BCUT2D eigenvalue weighted by Gasteiger charge is 2.14. The van der Waals surface area contributed by atoms with Crippen LogP contribution in [0.1, 0.15) is 15.9 Å². The molecule has 0 unspecified atom stereocenters. The molecular weight excluding hydrogens is 386 g/mol. The predicted octanol–water partition coefficient (Wildman–Crippen LogP) is 5.33. The van der Waals surface area contributed by atoms with Crippen LogP contribution in [-0.2, 0) is 6.54 Å². The molecule has 3 aromatic carbocycles. The number of anilines is 1. The molecule has 1 amide bonds. The van der Waals surface area contributed by atoms with E-state index in [1.54, 1.807) is 24.3 Å². The van der Waals surface area contributed by atoms with Gasteiger partial charge >= 0.3 is 0 Å². The van der Waals surface area contributed by atoms with Crippen molar-refractivity contribution in [2.24, 2.45) is 0 Å². The number of para-hydroxylation sites is 2. The van der Waals surface area contributed by atoms with Gasteiger partial charge in [0, 0.05) is 10.6 Å². The smallest absolute Gasteiger partial charge is 0.257 e. The lowest BCUT2D eigenvalue weighted by Crippen LogP contribution is -2.17. The highest BCUT2D eigenvalue weighted by Crippen LogP contribution is 2.21. The third-order valence-electron chi connectivity index (χ3n) is 4.56. The Balaban J connectivity index is 1.55. The van der Waals surface area contributed by atoms with Crippen molar-refractivity contribution in [3.63, 3.8) is 0 Å². The normalized spacial score (nSPS) is 10.8.